The quantitative estimate of drug-likeness (QED) is 0.851. The molecule has 0 radical (unpaired) electrons. The lowest BCUT2D eigenvalue weighted by molar-refractivity contribution is 0.102. The first kappa shape index (κ1) is 14.8. The summed E-state index contributed by atoms with van der Waals surface area (Å²) in [6.07, 6.45) is 0.274. The third-order valence-electron chi connectivity index (χ3n) is 2.72. The van der Waals surface area contributed by atoms with Crippen molar-refractivity contribution in [3.8, 4) is 11.8 Å². The summed E-state index contributed by atoms with van der Waals surface area (Å²) in [5.74, 6) is 4.59. The van der Waals surface area contributed by atoms with Gasteiger partial charge in [0.1, 0.15) is 5.82 Å². The first-order chi connectivity index (χ1) is 10.2. The molecule has 0 heterocycles. The monoisotopic (exact) mass is 283 g/mol. The molecule has 0 atom stereocenters. The van der Waals surface area contributed by atoms with Crippen LogP contribution in [0.3, 0.4) is 0 Å². The molecule has 1 amide bonds. The van der Waals surface area contributed by atoms with E-state index in [0.717, 1.165) is 0 Å². The lowest BCUT2D eigenvalue weighted by atomic mass is 10.1. The number of aliphatic hydroxyl groups excluding tert-OH is 1. The van der Waals surface area contributed by atoms with Crippen LogP contribution in [0.2, 0.25) is 0 Å². The molecule has 2 aromatic carbocycles. The van der Waals surface area contributed by atoms with Gasteiger partial charge in [-0.2, -0.15) is 0 Å². The van der Waals surface area contributed by atoms with Crippen LogP contribution < -0.4 is 5.32 Å². The summed E-state index contributed by atoms with van der Waals surface area (Å²) in [6, 6.07) is 12.8. The molecule has 4 heteroatoms. The van der Waals surface area contributed by atoms with Crippen LogP contribution in [0.1, 0.15) is 22.3 Å². The van der Waals surface area contributed by atoms with Crippen LogP contribution in [-0.2, 0) is 0 Å². The summed E-state index contributed by atoms with van der Waals surface area (Å²) in [6.45, 7) is -0.0755. The van der Waals surface area contributed by atoms with Gasteiger partial charge in [-0.15, -0.1) is 0 Å². The Labute approximate surface area is 122 Å². The Bertz CT molecular complexity index is 687. The second-order valence-electron chi connectivity index (χ2n) is 4.29. The number of amides is 1. The number of aliphatic hydroxyl groups is 1. The molecule has 0 fully saturated rings. The Hall–Kier alpha value is -2.64. The largest absolute Gasteiger partial charge is 0.395 e. The maximum Gasteiger partial charge on any atom is 0.256 e. The first-order valence-corrected chi connectivity index (χ1v) is 6.46. The van der Waals surface area contributed by atoms with E-state index in [1.165, 1.54) is 18.2 Å². The highest BCUT2D eigenvalue weighted by Gasteiger charge is 2.11. The van der Waals surface area contributed by atoms with E-state index in [1.807, 2.05) is 18.2 Å². The number of carbonyl (C=O) groups is 1. The van der Waals surface area contributed by atoms with E-state index in [2.05, 4.69) is 17.2 Å². The van der Waals surface area contributed by atoms with Crippen LogP contribution in [0, 0.1) is 17.7 Å². The summed E-state index contributed by atoms with van der Waals surface area (Å²) in [5, 5.41) is 11.4. The van der Waals surface area contributed by atoms with E-state index in [1.54, 1.807) is 12.1 Å². The molecule has 0 aliphatic carbocycles. The minimum absolute atomic E-state index is 0.0755. The van der Waals surface area contributed by atoms with E-state index in [-0.39, 0.29) is 18.9 Å². The zero-order chi connectivity index (χ0) is 15.1. The van der Waals surface area contributed by atoms with Crippen molar-refractivity contribution in [2.24, 2.45) is 0 Å². The van der Waals surface area contributed by atoms with Crippen molar-refractivity contribution in [3.05, 3.63) is 65.5 Å². The number of hydrogen-bond donors (Lipinski definition) is 2. The fraction of sp³-hybridized carbons (Fsp3) is 0.118. The average molecular weight is 283 g/mol. The van der Waals surface area contributed by atoms with Crippen LogP contribution in [-0.4, -0.2) is 17.6 Å². The molecule has 0 aromatic heterocycles. The predicted molar refractivity (Wildman–Crippen MR) is 79.4 cm³/mol. The first-order valence-electron chi connectivity index (χ1n) is 6.46. The van der Waals surface area contributed by atoms with E-state index in [0.29, 0.717) is 16.8 Å². The van der Waals surface area contributed by atoms with Crippen molar-refractivity contribution in [2.45, 2.75) is 6.42 Å². The molecule has 0 aliphatic rings. The molecule has 21 heavy (non-hydrogen) atoms. The zero-order valence-electron chi connectivity index (χ0n) is 11.3. The van der Waals surface area contributed by atoms with Crippen LogP contribution in [0.25, 0.3) is 0 Å². The van der Waals surface area contributed by atoms with E-state index in [9.17, 15) is 9.18 Å². The summed E-state index contributed by atoms with van der Waals surface area (Å²) in [7, 11) is 0. The predicted octanol–water partition coefficient (Wildman–Crippen LogP) is 2.81. The highest BCUT2D eigenvalue weighted by Crippen LogP contribution is 2.14. The SMILES string of the molecule is O=C(Nc1ccccc1)c1ccc(F)cc1C#CCCO. The number of hydrogen-bond acceptors (Lipinski definition) is 2. The van der Waals surface area contributed by atoms with Crippen molar-refractivity contribution >= 4 is 11.6 Å². The third kappa shape index (κ3) is 4.16. The maximum absolute atomic E-state index is 13.3. The van der Waals surface area contributed by atoms with Gasteiger partial charge in [-0.3, -0.25) is 4.79 Å². The summed E-state index contributed by atoms with van der Waals surface area (Å²) < 4.78 is 13.3. The minimum Gasteiger partial charge on any atom is -0.395 e. The van der Waals surface area contributed by atoms with E-state index in [4.69, 9.17) is 5.11 Å². The molecule has 0 saturated carbocycles. The van der Waals surface area contributed by atoms with Crippen molar-refractivity contribution < 1.29 is 14.3 Å². The second kappa shape index (κ2) is 7.22. The molecule has 0 unspecified atom stereocenters. The molecule has 106 valence electrons. The number of halogens is 1. The number of rotatable bonds is 3. The molecular weight excluding hydrogens is 269 g/mol. The van der Waals surface area contributed by atoms with E-state index < -0.39 is 5.82 Å². The fourth-order valence-corrected chi connectivity index (χ4v) is 1.75. The Kier molecular flexibility index (Phi) is 5.08. The highest BCUT2D eigenvalue weighted by molar-refractivity contribution is 6.05. The van der Waals surface area contributed by atoms with Gasteiger partial charge in [-0.05, 0) is 30.3 Å². The Morgan fingerprint density at radius 2 is 1.95 bits per heavy atom. The van der Waals surface area contributed by atoms with Gasteiger partial charge in [0.15, 0.2) is 0 Å². The average Bonchev–Trinajstić information content (AvgIpc) is 2.48. The zero-order valence-corrected chi connectivity index (χ0v) is 11.3. The van der Waals surface area contributed by atoms with Crippen LogP contribution >= 0.6 is 0 Å². The summed E-state index contributed by atoms with van der Waals surface area (Å²) >= 11 is 0. The normalized spacial score (nSPS) is 9.62. The van der Waals surface area contributed by atoms with E-state index >= 15 is 0 Å². The standard InChI is InChI=1S/C17H14FNO2/c18-14-9-10-16(13(12-14)6-4-5-11-20)17(21)19-15-7-2-1-3-8-15/h1-3,7-10,12,20H,5,11H2,(H,19,21). The van der Waals surface area contributed by atoms with Crippen molar-refractivity contribution in [1.82, 2.24) is 0 Å². The van der Waals surface area contributed by atoms with Crippen molar-refractivity contribution in [2.75, 3.05) is 11.9 Å². The van der Waals surface area contributed by atoms with Gasteiger partial charge in [-0.1, -0.05) is 30.0 Å². The number of carbonyl (C=O) groups excluding carboxylic acids is 1. The van der Waals surface area contributed by atoms with Gasteiger partial charge in [-0.25, -0.2) is 4.39 Å². The smallest absolute Gasteiger partial charge is 0.256 e. The number of anilines is 1. The van der Waals surface area contributed by atoms with Gasteiger partial charge in [0.05, 0.1) is 12.2 Å². The Morgan fingerprint density at radius 1 is 1.19 bits per heavy atom. The molecule has 2 N–H and O–H groups in total. The molecule has 0 bridgehead atoms. The molecular formula is C17H14FNO2. The minimum atomic E-state index is -0.459. The highest BCUT2D eigenvalue weighted by atomic mass is 19.1. The Balaban J connectivity index is 2.26. The lowest BCUT2D eigenvalue weighted by Crippen LogP contribution is -2.13. The lowest BCUT2D eigenvalue weighted by Gasteiger charge is -2.07. The molecule has 0 saturated heterocycles. The fourth-order valence-electron chi connectivity index (χ4n) is 1.75. The van der Waals surface area contributed by atoms with Crippen molar-refractivity contribution in [3.63, 3.8) is 0 Å². The van der Waals surface area contributed by atoms with Crippen LogP contribution in [0.5, 0.6) is 0 Å². The molecule has 2 aromatic rings. The summed E-state index contributed by atoms with van der Waals surface area (Å²) in [4.78, 5) is 12.2. The van der Waals surface area contributed by atoms with Gasteiger partial charge < -0.3 is 10.4 Å². The molecule has 2 rings (SSSR count). The van der Waals surface area contributed by atoms with Crippen molar-refractivity contribution in [1.29, 1.82) is 0 Å². The second-order valence-corrected chi connectivity index (χ2v) is 4.29. The van der Waals surface area contributed by atoms with Gasteiger partial charge >= 0.3 is 0 Å². The number of benzene rings is 2. The molecule has 0 spiro atoms. The van der Waals surface area contributed by atoms with Crippen LogP contribution in [0.15, 0.2) is 48.5 Å². The number of nitrogens with one attached hydrogen (secondary N) is 1. The topological polar surface area (TPSA) is 49.3 Å². The van der Waals surface area contributed by atoms with Gasteiger partial charge in [0, 0.05) is 17.7 Å². The Morgan fingerprint density at radius 3 is 2.67 bits per heavy atom. The van der Waals surface area contributed by atoms with Gasteiger partial charge in [0.25, 0.3) is 5.91 Å². The van der Waals surface area contributed by atoms with Crippen LogP contribution in [0.4, 0.5) is 10.1 Å². The molecule has 0 aliphatic heterocycles. The third-order valence-corrected chi connectivity index (χ3v) is 2.72. The van der Waals surface area contributed by atoms with Gasteiger partial charge in [0.2, 0.25) is 0 Å². The number of para-hydroxylation sites is 1. The maximum atomic E-state index is 13.3. The molecule has 3 nitrogen and oxygen atoms in total. The summed E-state index contributed by atoms with van der Waals surface area (Å²) in [5.41, 5.74) is 1.25.